The van der Waals surface area contributed by atoms with E-state index in [4.69, 9.17) is 10.5 Å². The molecule has 1 aromatic carbocycles. The number of allylic oxidation sites excluding steroid dienone is 2. The van der Waals surface area contributed by atoms with Crippen LogP contribution in [0.15, 0.2) is 57.6 Å². The fourth-order valence-corrected chi connectivity index (χ4v) is 5.47. The lowest BCUT2D eigenvalue weighted by molar-refractivity contribution is -0.122. The van der Waals surface area contributed by atoms with E-state index >= 15 is 4.39 Å². The third-order valence-corrected chi connectivity index (χ3v) is 8.43. The Morgan fingerprint density at radius 3 is 2.66 bits per heavy atom. The van der Waals surface area contributed by atoms with Gasteiger partial charge in [-0.3, -0.25) is 9.59 Å². The number of piperidine rings is 1. The topological polar surface area (TPSA) is 138 Å². The summed E-state index contributed by atoms with van der Waals surface area (Å²) in [5, 5.41) is 16.6. The molecular weight excluding hydrogens is 561 g/mol. The number of aliphatic imine (C=N–C) groups is 1. The number of pyridine rings is 1. The second-order valence-corrected chi connectivity index (χ2v) is 12.3. The predicted octanol–water partition coefficient (Wildman–Crippen LogP) is 4.62. The molecular formula is C33H46FN7O3. The summed E-state index contributed by atoms with van der Waals surface area (Å²) < 4.78 is 22.6. The number of aryl methyl sites for hydroxylation is 1. The lowest BCUT2D eigenvalue weighted by Crippen LogP contribution is -2.63. The molecule has 3 unspecified atom stereocenters. The number of amides is 1. The fraction of sp³-hybridized carbons (Fsp3) is 0.515. The van der Waals surface area contributed by atoms with Crippen LogP contribution in [0.3, 0.4) is 0 Å². The molecule has 11 heteroatoms. The number of likely N-dealkylation sites (tertiary alicyclic amines) is 1. The van der Waals surface area contributed by atoms with Crippen LogP contribution in [0.25, 0.3) is 10.9 Å². The largest absolute Gasteiger partial charge is 0.478 e. The van der Waals surface area contributed by atoms with E-state index in [2.05, 4.69) is 28.6 Å². The summed E-state index contributed by atoms with van der Waals surface area (Å²) in [7, 11) is 3.14. The molecule has 10 nitrogen and oxygen atoms in total. The van der Waals surface area contributed by atoms with Crippen molar-refractivity contribution in [2.75, 3.05) is 32.1 Å². The molecule has 0 aliphatic carbocycles. The first-order valence-corrected chi connectivity index (χ1v) is 15.0. The summed E-state index contributed by atoms with van der Waals surface area (Å²) >= 11 is 0. The number of ether oxygens (including phenoxy) is 1. The molecule has 0 radical (unpaired) electrons. The molecule has 1 amide bonds. The third-order valence-electron chi connectivity index (χ3n) is 8.43. The molecule has 1 aliphatic heterocycles. The normalized spacial score (nSPS) is 21.7. The molecule has 238 valence electrons. The smallest absolute Gasteiger partial charge is 0.293 e. The van der Waals surface area contributed by atoms with Crippen LogP contribution in [0.5, 0.6) is 5.75 Å². The van der Waals surface area contributed by atoms with E-state index in [1.165, 1.54) is 17.8 Å². The number of likely N-dealkylation sites (N-methyl/N-ethyl adjacent to an activating group) is 1. The predicted molar refractivity (Wildman–Crippen MR) is 174 cm³/mol. The van der Waals surface area contributed by atoms with Crippen LogP contribution in [0.2, 0.25) is 0 Å². The molecule has 2 aromatic rings. The van der Waals surface area contributed by atoms with E-state index in [-0.39, 0.29) is 29.7 Å². The number of fused-ring (bicyclic) bond motifs is 1. The molecule has 3 atom stereocenters. The van der Waals surface area contributed by atoms with Crippen molar-refractivity contribution in [1.29, 1.82) is 5.26 Å². The van der Waals surface area contributed by atoms with Crippen molar-refractivity contribution >= 4 is 28.3 Å². The van der Waals surface area contributed by atoms with Gasteiger partial charge in [0.05, 0.1) is 16.8 Å². The second kappa shape index (κ2) is 14.1. The number of nitriles is 1. The zero-order valence-corrected chi connectivity index (χ0v) is 27.1. The van der Waals surface area contributed by atoms with Crippen LogP contribution in [0.1, 0.15) is 54.4 Å². The first-order chi connectivity index (χ1) is 20.6. The Bertz CT molecular complexity index is 1560. The summed E-state index contributed by atoms with van der Waals surface area (Å²) in [6.45, 7) is 11.8. The number of benzene rings is 1. The number of carbonyl (C=O) groups is 1. The number of halogens is 1. The van der Waals surface area contributed by atoms with Gasteiger partial charge in [0, 0.05) is 61.8 Å². The number of rotatable bonds is 10. The van der Waals surface area contributed by atoms with E-state index in [1.54, 1.807) is 20.0 Å². The molecule has 2 heterocycles. The van der Waals surface area contributed by atoms with Crippen LogP contribution >= 0.6 is 0 Å². The molecule has 1 aromatic heterocycles. The Balaban J connectivity index is 1.92. The van der Waals surface area contributed by atoms with E-state index < -0.39 is 17.1 Å². The van der Waals surface area contributed by atoms with Gasteiger partial charge < -0.3 is 30.6 Å². The first kappa shape index (κ1) is 34.3. The van der Waals surface area contributed by atoms with Gasteiger partial charge in [0.2, 0.25) is 0 Å². The lowest BCUT2D eigenvalue weighted by atomic mass is 9.69. The van der Waals surface area contributed by atoms with Gasteiger partial charge in [-0.05, 0) is 58.4 Å². The number of nitrogens with zero attached hydrogens (tertiary/aromatic N) is 4. The highest BCUT2D eigenvalue weighted by Gasteiger charge is 2.50. The van der Waals surface area contributed by atoms with Crippen LogP contribution in [0.4, 0.5) is 10.1 Å². The Hall–Kier alpha value is -4.17. The minimum Gasteiger partial charge on any atom is -0.478 e. The fourth-order valence-electron chi connectivity index (χ4n) is 5.47. The van der Waals surface area contributed by atoms with Crippen molar-refractivity contribution in [2.24, 2.45) is 29.6 Å². The summed E-state index contributed by atoms with van der Waals surface area (Å²) in [6, 6.07) is 9.35. The molecule has 0 saturated carbocycles. The molecule has 1 saturated heterocycles. The minimum absolute atomic E-state index is 0.0605. The van der Waals surface area contributed by atoms with Crippen LogP contribution in [-0.2, 0) is 11.8 Å². The number of aromatic nitrogens is 1. The van der Waals surface area contributed by atoms with Gasteiger partial charge in [-0.1, -0.05) is 26.3 Å². The number of carbonyl (C=O) groups excluding carboxylic acids is 1. The van der Waals surface area contributed by atoms with Crippen molar-refractivity contribution in [2.45, 2.75) is 65.6 Å². The monoisotopic (exact) mass is 607 g/mol. The van der Waals surface area contributed by atoms with Gasteiger partial charge in [0.15, 0.2) is 12.4 Å². The van der Waals surface area contributed by atoms with Gasteiger partial charge in [0.1, 0.15) is 17.6 Å². The maximum Gasteiger partial charge on any atom is 0.293 e. The number of hydrogen-bond donors (Lipinski definition) is 3. The van der Waals surface area contributed by atoms with Crippen molar-refractivity contribution in [1.82, 2.24) is 14.8 Å². The number of nitrogens with two attached hydrogens (primary N) is 1. The number of anilines is 1. The number of alkyl halides is 1. The summed E-state index contributed by atoms with van der Waals surface area (Å²) in [5.74, 6) is -0.254. The number of hydrogen-bond acceptors (Lipinski definition) is 7. The van der Waals surface area contributed by atoms with E-state index in [0.29, 0.717) is 46.8 Å². The Kier molecular flexibility index (Phi) is 11.0. The highest BCUT2D eigenvalue weighted by atomic mass is 19.1. The summed E-state index contributed by atoms with van der Waals surface area (Å²) in [6.07, 6.45) is 5.10. The van der Waals surface area contributed by atoms with E-state index in [1.807, 2.05) is 56.9 Å². The van der Waals surface area contributed by atoms with Crippen LogP contribution in [0, 0.1) is 23.2 Å². The van der Waals surface area contributed by atoms with Crippen molar-refractivity contribution in [3.05, 3.63) is 58.2 Å². The van der Waals surface area contributed by atoms with Crippen molar-refractivity contribution < 1.29 is 13.9 Å². The van der Waals surface area contributed by atoms with Gasteiger partial charge in [-0.25, -0.2) is 9.38 Å². The Morgan fingerprint density at radius 1 is 1.34 bits per heavy atom. The Labute approximate surface area is 259 Å². The minimum atomic E-state index is -1.41. The average Bonchev–Trinajstić information content (AvgIpc) is 2.97. The maximum absolute atomic E-state index is 15.7. The maximum atomic E-state index is 15.7. The average molecular weight is 608 g/mol. The van der Waals surface area contributed by atoms with Crippen LogP contribution < -0.4 is 26.7 Å². The quantitative estimate of drug-likeness (QED) is 0.155. The second-order valence-electron chi connectivity index (χ2n) is 12.3. The number of amidine groups is 1. The third kappa shape index (κ3) is 7.85. The van der Waals surface area contributed by atoms with E-state index in [0.717, 1.165) is 12.8 Å². The van der Waals surface area contributed by atoms with Gasteiger partial charge in [0.25, 0.3) is 11.5 Å². The lowest BCUT2D eigenvalue weighted by Gasteiger charge is -2.50. The standard InChI is InChI=1S/C33H46FN7O3/c1-9-10-11-26(24(16-35)17-38-22(3)41-18-21(2)33(6,34)29(19-41)32(4,5)36)39-25-12-13-27-23(14-25)15-28(31(43)40(27)8)44-20-30(42)37-7/h11-15,17,21,29,39H,9-10,18-20,36H2,1-8H3,(H,37,42)/b24-17-,26-11-,38-22?. The van der Waals surface area contributed by atoms with Crippen molar-refractivity contribution in [3.8, 4) is 11.8 Å². The summed E-state index contributed by atoms with van der Waals surface area (Å²) in [5.41, 5.74) is 6.21. The highest BCUT2D eigenvalue weighted by molar-refractivity contribution is 5.85. The number of unbranched alkanes of at least 4 members (excludes halogenated alkanes) is 1. The highest BCUT2D eigenvalue weighted by Crippen LogP contribution is 2.40. The van der Waals surface area contributed by atoms with E-state index in [9.17, 15) is 14.9 Å². The first-order valence-electron chi connectivity index (χ1n) is 15.0. The zero-order valence-electron chi connectivity index (χ0n) is 27.1. The molecule has 0 bridgehead atoms. The van der Waals surface area contributed by atoms with Gasteiger partial charge >= 0.3 is 0 Å². The molecule has 0 spiro atoms. The summed E-state index contributed by atoms with van der Waals surface area (Å²) in [4.78, 5) is 31.1. The molecule has 44 heavy (non-hydrogen) atoms. The van der Waals surface area contributed by atoms with Gasteiger partial charge in [-0.2, -0.15) is 5.26 Å². The van der Waals surface area contributed by atoms with Gasteiger partial charge in [-0.15, -0.1) is 0 Å². The molecule has 4 N–H and O–H groups in total. The number of nitrogens with one attached hydrogen (secondary N) is 2. The zero-order chi connectivity index (χ0) is 32.8. The van der Waals surface area contributed by atoms with Crippen LogP contribution in [-0.4, -0.2) is 59.2 Å². The Morgan fingerprint density at radius 2 is 2.05 bits per heavy atom. The molecule has 3 rings (SSSR count). The molecule has 1 aliphatic rings. The molecule has 1 fully saturated rings. The SMILES string of the molecule is CCC/C=C(Nc1ccc2c(c1)cc(OCC(=O)NC)c(=O)n2C)/C(C#N)=C\N=C(C)N1CC(C)C(C)(F)C(C(C)(C)N)C1. The van der Waals surface area contributed by atoms with Crippen molar-refractivity contribution in [3.63, 3.8) is 0 Å².